The summed E-state index contributed by atoms with van der Waals surface area (Å²) in [7, 11) is -0.292. The number of nitrogens with zero attached hydrogens (tertiary/aromatic N) is 1. The number of sulfonamides is 1. The van der Waals surface area contributed by atoms with E-state index in [4.69, 9.17) is 4.74 Å². The first kappa shape index (κ1) is 21.4. The first-order chi connectivity index (χ1) is 11.9. The highest BCUT2D eigenvalue weighted by atomic mass is 32.2. The van der Waals surface area contributed by atoms with E-state index in [-0.39, 0.29) is 17.3 Å². The van der Waals surface area contributed by atoms with Gasteiger partial charge in [0.15, 0.2) is 0 Å². The Kier molecular flexibility index (Phi) is 8.84. The van der Waals surface area contributed by atoms with Crippen molar-refractivity contribution >= 4 is 27.3 Å². The zero-order valence-corrected chi connectivity index (χ0v) is 16.1. The number of nitrogens with one attached hydrogen (secondary N) is 3. The van der Waals surface area contributed by atoms with Gasteiger partial charge in [0.25, 0.3) is 0 Å². The van der Waals surface area contributed by atoms with Crippen LogP contribution in [0, 0.1) is 0 Å². The summed E-state index contributed by atoms with van der Waals surface area (Å²) in [5.41, 5.74) is 1.07. The molecular formula is C16H28N4O4S. The lowest BCUT2D eigenvalue weighted by molar-refractivity contribution is -0.115. The third kappa shape index (κ3) is 5.96. The zero-order valence-electron chi connectivity index (χ0n) is 15.3. The van der Waals surface area contributed by atoms with Gasteiger partial charge in [-0.15, -0.1) is 0 Å². The van der Waals surface area contributed by atoms with Gasteiger partial charge < -0.3 is 20.7 Å². The third-order valence-electron chi connectivity index (χ3n) is 3.65. The molecule has 0 fully saturated rings. The molecule has 9 heteroatoms. The van der Waals surface area contributed by atoms with E-state index in [2.05, 4.69) is 16.0 Å². The molecule has 0 heterocycles. The van der Waals surface area contributed by atoms with Gasteiger partial charge in [0.2, 0.25) is 15.9 Å². The Morgan fingerprint density at radius 3 is 2.44 bits per heavy atom. The van der Waals surface area contributed by atoms with E-state index < -0.39 is 10.0 Å². The van der Waals surface area contributed by atoms with Crippen molar-refractivity contribution in [3.8, 4) is 0 Å². The molecule has 0 saturated heterocycles. The Hall–Kier alpha value is -1.68. The fourth-order valence-electron chi connectivity index (χ4n) is 2.29. The number of rotatable bonds is 11. The van der Waals surface area contributed by atoms with Crippen molar-refractivity contribution < 1.29 is 17.9 Å². The summed E-state index contributed by atoms with van der Waals surface area (Å²) in [6.45, 7) is 5.52. The standard InChI is InChI=1S/C16H28N4O4S/c1-5-20(6-2)25(22,23)13-7-8-14(17-3)15(11-13)19-16(21)12-18-9-10-24-4/h7-8,11,17-18H,5-6,9-10,12H2,1-4H3,(H,19,21). The SMILES string of the molecule is CCN(CC)S(=O)(=O)c1ccc(NC)c(NC(=O)CNCCOC)c1. The highest BCUT2D eigenvalue weighted by Gasteiger charge is 2.22. The second-order valence-electron chi connectivity index (χ2n) is 5.26. The number of anilines is 2. The Bertz CT molecular complexity index is 660. The number of hydrogen-bond donors (Lipinski definition) is 3. The molecule has 8 nitrogen and oxygen atoms in total. The summed E-state index contributed by atoms with van der Waals surface area (Å²) in [5.74, 6) is -0.259. The van der Waals surface area contributed by atoms with Crippen LogP contribution in [0.1, 0.15) is 13.8 Å². The number of ether oxygens (including phenoxy) is 1. The van der Waals surface area contributed by atoms with Gasteiger partial charge in [0.1, 0.15) is 0 Å². The van der Waals surface area contributed by atoms with Crippen LogP contribution in [0.4, 0.5) is 11.4 Å². The molecule has 0 atom stereocenters. The first-order valence-corrected chi connectivity index (χ1v) is 9.66. The normalized spacial score (nSPS) is 11.6. The first-order valence-electron chi connectivity index (χ1n) is 8.22. The summed E-state index contributed by atoms with van der Waals surface area (Å²) in [4.78, 5) is 12.2. The van der Waals surface area contributed by atoms with Crippen LogP contribution in [-0.4, -0.2) is 65.6 Å². The van der Waals surface area contributed by atoms with Gasteiger partial charge in [-0.25, -0.2) is 8.42 Å². The molecule has 0 bridgehead atoms. The van der Waals surface area contributed by atoms with Crippen LogP contribution in [0.3, 0.4) is 0 Å². The Morgan fingerprint density at radius 1 is 1.20 bits per heavy atom. The van der Waals surface area contributed by atoms with Crippen LogP contribution in [-0.2, 0) is 19.6 Å². The highest BCUT2D eigenvalue weighted by Crippen LogP contribution is 2.26. The minimum Gasteiger partial charge on any atom is -0.386 e. The van der Waals surface area contributed by atoms with Gasteiger partial charge in [-0.3, -0.25) is 4.79 Å². The molecule has 0 aliphatic rings. The van der Waals surface area contributed by atoms with E-state index in [0.29, 0.717) is 37.6 Å². The minimum atomic E-state index is -3.59. The monoisotopic (exact) mass is 372 g/mol. The molecule has 0 aliphatic heterocycles. The zero-order chi connectivity index (χ0) is 18.9. The maximum absolute atomic E-state index is 12.6. The lowest BCUT2D eigenvalue weighted by Gasteiger charge is -2.20. The van der Waals surface area contributed by atoms with Crippen molar-refractivity contribution in [1.29, 1.82) is 0 Å². The number of methoxy groups -OCH3 is 1. The van der Waals surface area contributed by atoms with Gasteiger partial charge in [-0.2, -0.15) is 4.31 Å². The minimum absolute atomic E-state index is 0.111. The Morgan fingerprint density at radius 2 is 1.88 bits per heavy atom. The summed E-state index contributed by atoms with van der Waals surface area (Å²) in [6, 6.07) is 4.66. The number of amides is 1. The summed E-state index contributed by atoms with van der Waals surface area (Å²) >= 11 is 0. The maximum atomic E-state index is 12.6. The lowest BCUT2D eigenvalue weighted by Crippen LogP contribution is -2.31. The molecule has 1 rings (SSSR count). The highest BCUT2D eigenvalue weighted by molar-refractivity contribution is 7.89. The molecule has 3 N–H and O–H groups in total. The number of hydrogen-bond acceptors (Lipinski definition) is 6. The molecule has 1 amide bonds. The van der Waals surface area contributed by atoms with Gasteiger partial charge in [0.05, 0.1) is 29.4 Å². The molecule has 0 spiro atoms. The number of carbonyl (C=O) groups is 1. The number of benzene rings is 1. The second-order valence-corrected chi connectivity index (χ2v) is 7.20. The molecule has 0 unspecified atom stereocenters. The molecule has 142 valence electrons. The average molecular weight is 372 g/mol. The lowest BCUT2D eigenvalue weighted by atomic mass is 10.2. The van der Waals surface area contributed by atoms with Gasteiger partial charge in [-0.05, 0) is 18.2 Å². The van der Waals surface area contributed by atoms with Crippen LogP contribution in [0.5, 0.6) is 0 Å². The van der Waals surface area contributed by atoms with Gasteiger partial charge in [0, 0.05) is 33.8 Å². The van der Waals surface area contributed by atoms with Crippen LogP contribution in [0.2, 0.25) is 0 Å². The fraction of sp³-hybridized carbons (Fsp3) is 0.562. The Balaban J connectivity index is 2.97. The van der Waals surface area contributed by atoms with Crippen LogP contribution >= 0.6 is 0 Å². The summed E-state index contributed by atoms with van der Waals surface area (Å²) in [6.07, 6.45) is 0. The largest absolute Gasteiger partial charge is 0.386 e. The maximum Gasteiger partial charge on any atom is 0.243 e. The summed E-state index contributed by atoms with van der Waals surface area (Å²) < 4.78 is 31.6. The second kappa shape index (κ2) is 10.3. The van der Waals surface area contributed by atoms with Crippen molar-refractivity contribution in [3.63, 3.8) is 0 Å². The fourth-order valence-corrected chi connectivity index (χ4v) is 3.77. The molecule has 0 aromatic heterocycles. The molecule has 1 aromatic carbocycles. The topological polar surface area (TPSA) is 99.8 Å². The van der Waals surface area contributed by atoms with Gasteiger partial charge in [-0.1, -0.05) is 13.8 Å². The van der Waals surface area contributed by atoms with E-state index in [0.717, 1.165) is 0 Å². The van der Waals surface area contributed by atoms with E-state index in [1.54, 1.807) is 34.1 Å². The molecule has 0 radical (unpaired) electrons. The quantitative estimate of drug-likeness (QED) is 0.500. The van der Waals surface area contributed by atoms with E-state index in [1.165, 1.54) is 16.4 Å². The van der Waals surface area contributed by atoms with E-state index in [9.17, 15) is 13.2 Å². The van der Waals surface area contributed by atoms with E-state index >= 15 is 0 Å². The van der Waals surface area contributed by atoms with Crippen LogP contribution in [0.15, 0.2) is 23.1 Å². The average Bonchev–Trinajstić information content (AvgIpc) is 2.59. The van der Waals surface area contributed by atoms with Gasteiger partial charge >= 0.3 is 0 Å². The molecule has 0 saturated carbocycles. The predicted octanol–water partition coefficient (Wildman–Crippen LogP) is 0.933. The molecule has 25 heavy (non-hydrogen) atoms. The molecule has 1 aromatic rings. The van der Waals surface area contributed by atoms with Crippen molar-refractivity contribution in [2.24, 2.45) is 0 Å². The molecular weight excluding hydrogens is 344 g/mol. The Labute approximate surface area is 150 Å². The smallest absolute Gasteiger partial charge is 0.243 e. The molecule has 0 aliphatic carbocycles. The van der Waals surface area contributed by atoms with Crippen molar-refractivity contribution in [3.05, 3.63) is 18.2 Å². The van der Waals surface area contributed by atoms with Crippen molar-refractivity contribution in [1.82, 2.24) is 9.62 Å². The summed E-state index contributed by atoms with van der Waals surface area (Å²) in [5, 5.41) is 8.63. The van der Waals surface area contributed by atoms with Crippen LogP contribution < -0.4 is 16.0 Å². The number of carbonyl (C=O) groups excluding carboxylic acids is 1. The predicted molar refractivity (Wildman–Crippen MR) is 99.5 cm³/mol. The van der Waals surface area contributed by atoms with Crippen LogP contribution in [0.25, 0.3) is 0 Å². The third-order valence-corrected chi connectivity index (χ3v) is 5.69. The van der Waals surface area contributed by atoms with Crippen molar-refractivity contribution in [2.75, 3.05) is 57.6 Å². The van der Waals surface area contributed by atoms with Crippen molar-refractivity contribution in [2.45, 2.75) is 18.7 Å². The van der Waals surface area contributed by atoms with E-state index in [1.807, 2.05) is 0 Å².